The summed E-state index contributed by atoms with van der Waals surface area (Å²) < 4.78 is 5.97. The summed E-state index contributed by atoms with van der Waals surface area (Å²) in [5.74, 6) is 0.776. The van der Waals surface area contributed by atoms with E-state index in [1.54, 1.807) is 0 Å². The summed E-state index contributed by atoms with van der Waals surface area (Å²) in [6.07, 6.45) is 1.49. The van der Waals surface area contributed by atoms with Gasteiger partial charge in [-0.1, -0.05) is 23.3 Å². The predicted octanol–water partition coefficient (Wildman–Crippen LogP) is 2.17. The summed E-state index contributed by atoms with van der Waals surface area (Å²) >= 11 is 0. The first-order valence-corrected chi connectivity index (χ1v) is 6.47. The van der Waals surface area contributed by atoms with E-state index < -0.39 is 6.10 Å². The third kappa shape index (κ3) is 3.43. The van der Waals surface area contributed by atoms with Crippen molar-refractivity contribution in [2.75, 3.05) is 20.2 Å². The zero-order valence-electron chi connectivity index (χ0n) is 11.7. The Labute approximate surface area is 114 Å². The average molecular weight is 261 g/mol. The van der Waals surface area contributed by atoms with Crippen LogP contribution < -0.4 is 4.74 Å². The number of hydrogen-bond donors (Lipinski definition) is 1. The number of para-hydroxylation sites is 1. The zero-order chi connectivity index (χ0) is 13.9. The van der Waals surface area contributed by atoms with Gasteiger partial charge in [-0.25, -0.2) is 0 Å². The molecule has 2 atom stereocenters. The maximum Gasteiger partial charge on any atom is 0.139 e. The van der Waals surface area contributed by atoms with Gasteiger partial charge in [0.15, 0.2) is 0 Å². The predicted molar refractivity (Wildman–Crippen MR) is 75.9 cm³/mol. The van der Waals surface area contributed by atoms with Crippen LogP contribution in [-0.2, 0) is 0 Å². The third-order valence-corrected chi connectivity index (χ3v) is 3.31. The zero-order valence-corrected chi connectivity index (χ0v) is 11.7. The van der Waals surface area contributed by atoms with Gasteiger partial charge < -0.3 is 9.84 Å². The van der Waals surface area contributed by atoms with E-state index in [4.69, 9.17) is 4.74 Å². The van der Waals surface area contributed by atoms with Gasteiger partial charge in [0.25, 0.3) is 0 Å². The molecule has 0 aromatic heterocycles. The van der Waals surface area contributed by atoms with Crippen molar-refractivity contribution in [1.82, 2.24) is 0 Å². The molecule has 102 valence electrons. The molecule has 1 aliphatic rings. The standard InChI is InChI=1S/C15H21N2O2/c1-12-9-13(2)17(3,16-12)10-14(18)11-19-15-7-5-4-6-8-15/h4-9,14,18H,10-11H2,1-3H3/q+1. The van der Waals surface area contributed by atoms with Gasteiger partial charge in [-0.15, -0.1) is 0 Å². The number of allylic oxidation sites excluding steroid dienone is 2. The van der Waals surface area contributed by atoms with Crippen molar-refractivity contribution in [3.63, 3.8) is 0 Å². The molecule has 2 rings (SSSR count). The lowest BCUT2D eigenvalue weighted by Gasteiger charge is -2.27. The summed E-state index contributed by atoms with van der Waals surface area (Å²) in [5, 5.41) is 14.6. The normalized spacial score (nSPS) is 23.8. The summed E-state index contributed by atoms with van der Waals surface area (Å²) in [4.78, 5) is 0. The van der Waals surface area contributed by atoms with Crippen LogP contribution >= 0.6 is 0 Å². The van der Waals surface area contributed by atoms with Crippen molar-refractivity contribution in [2.45, 2.75) is 20.0 Å². The van der Waals surface area contributed by atoms with E-state index in [9.17, 15) is 5.11 Å². The van der Waals surface area contributed by atoms with Crippen molar-refractivity contribution in [2.24, 2.45) is 5.10 Å². The van der Waals surface area contributed by atoms with Crippen molar-refractivity contribution < 1.29 is 14.4 Å². The van der Waals surface area contributed by atoms with E-state index in [-0.39, 0.29) is 6.61 Å². The third-order valence-electron chi connectivity index (χ3n) is 3.31. The molecule has 4 nitrogen and oxygen atoms in total. The first-order chi connectivity index (χ1) is 8.99. The van der Waals surface area contributed by atoms with Crippen molar-refractivity contribution in [3.05, 3.63) is 42.1 Å². The van der Waals surface area contributed by atoms with Gasteiger partial charge in [-0.05, 0) is 19.1 Å². The number of likely N-dealkylation sites (N-methyl/N-ethyl adjacent to an activating group) is 1. The molecule has 0 bridgehead atoms. The van der Waals surface area contributed by atoms with Crippen LogP contribution in [0.5, 0.6) is 5.75 Å². The molecule has 1 heterocycles. The van der Waals surface area contributed by atoms with E-state index in [1.807, 2.05) is 57.3 Å². The lowest BCUT2D eigenvalue weighted by molar-refractivity contribution is -0.880. The maximum absolute atomic E-state index is 10.1. The summed E-state index contributed by atoms with van der Waals surface area (Å²) in [7, 11) is 1.99. The Bertz CT molecular complexity index is 496. The van der Waals surface area contributed by atoms with Gasteiger partial charge in [0.2, 0.25) is 0 Å². The monoisotopic (exact) mass is 261 g/mol. The minimum absolute atomic E-state index is 0.277. The molecule has 1 aromatic rings. The quantitative estimate of drug-likeness (QED) is 0.825. The molecule has 0 aliphatic carbocycles. The van der Waals surface area contributed by atoms with Crippen molar-refractivity contribution >= 4 is 5.71 Å². The minimum Gasteiger partial charge on any atom is -0.491 e. The SMILES string of the molecule is CC1=CC(C)=N[N+]1(C)CC(O)COc1ccccc1. The highest BCUT2D eigenvalue weighted by molar-refractivity contribution is 5.93. The molecule has 1 aliphatic heterocycles. The largest absolute Gasteiger partial charge is 0.491 e. The number of nitrogens with zero attached hydrogens (tertiary/aromatic N) is 2. The van der Waals surface area contributed by atoms with E-state index >= 15 is 0 Å². The fourth-order valence-corrected chi connectivity index (χ4v) is 2.25. The molecule has 0 spiro atoms. The molecule has 1 aromatic carbocycles. The average Bonchev–Trinajstić information content (AvgIpc) is 2.61. The molecule has 2 unspecified atom stereocenters. The number of aliphatic hydroxyl groups excluding tert-OH is 1. The summed E-state index contributed by atoms with van der Waals surface area (Å²) in [5.41, 5.74) is 2.13. The smallest absolute Gasteiger partial charge is 0.139 e. The summed E-state index contributed by atoms with van der Waals surface area (Å²) in [6.45, 7) is 4.80. The highest BCUT2D eigenvalue weighted by atomic mass is 16.5. The lowest BCUT2D eigenvalue weighted by atomic mass is 10.3. The van der Waals surface area contributed by atoms with Crippen molar-refractivity contribution in [3.8, 4) is 5.75 Å². The van der Waals surface area contributed by atoms with E-state index in [0.717, 1.165) is 17.2 Å². The van der Waals surface area contributed by atoms with Gasteiger partial charge in [-0.3, -0.25) is 0 Å². The molecule has 1 N–H and O–H groups in total. The molecule has 0 radical (unpaired) electrons. The molecular weight excluding hydrogens is 240 g/mol. The number of aliphatic hydroxyl groups is 1. The van der Waals surface area contributed by atoms with Crippen LogP contribution in [0.2, 0.25) is 0 Å². The molecule has 0 saturated carbocycles. The van der Waals surface area contributed by atoms with E-state index in [2.05, 4.69) is 5.10 Å². The highest BCUT2D eigenvalue weighted by Crippen LogP contribution is 2.22. The van der Waals surface area contributed by atoms with Gasteiger partial charge in [0.1, 0.15) is 30.7 Å². The first kappa shape index (κ1) is 13.8. The fraction of sp³-hybridized carbons (Fsp3) is 0.400. The Morgan fingerprint density at radius 2 is 1.95 bits per heavy atom. The van der Waals surface area contributed by atoms with E-state index in [0.29, 0.717) is 11.1 Å². The number of ether oxygens (including phenoxy) is 1. The minimum atomic E-state index is -0.553. The lowest BCUT2D eigenvalue weighted by Crippen LogP contribution is -2.43. The second-order valence-corrected chi connectivity index (χ2v) is 5.13. The first-order valence-electron chi connectivity index (χ1n) is 6.47. The maximum atomic E-state index is 10.1. The molecule has 0 amide bonds. The second-order valence-electron chi connectivity index (χ2n) is 5.13. The fourth-order valence-electron chi connectivity index (χ4n) is 2.25. The Morgan fingerprint density at radius 1 is 1.26 bits per heavy atom. The Hall–Kier alpha value is -1.65. The molecule has 4 heteroatoms. The van der Waals surface area contributed by atoms with Crippen LogP contribution in [0, 0.1) is 0 Å². The van der Waals surface area contributed by atoms with Crippen LogP contribution in [0.25, 0.3) is 0 Å². The number of rotatable bonds is 5. The van der Waals surface area contributed by atoms with Crippen LogP contribution in [0.4, 0.5) is 0 Å². The van der Waals surface area contributed by atoms with Crippen LogP contribution in [0.3, 0.4) is 0 Å². The number of hydrogen-bond acceptors (Lipinski definition) is 3. The van der Waals surface area contributed by atoms with Crippen molar-refractivity contribution in [1.29, 1.82) is 0 Å². The van der Waals surface area contributed by atoms with Gasteiger partial charge >= 0.3 is 0 Å². The van der Waals surface area contributed by atoms with Crippen LogP contribution in [0.1, 0.15) is 13.8 Å². The second kappa shape index (κ2) is 5.55. The summed E-state index contributed by atoms with van der Waals surface area (Å²) in [6, 6.07) is 9.53. The van der Waals surface area contributed by atoms with Gasteiger partial charge in [0, 0.05) is 13.0 Å². The molecule has 19 heavy (non-hydrogen) atoms. The topological polar surface area (TPSA) is 41.8 Å². The Balaban J connectivity index is 1.89. The molecule has 0 fully saturated rings. The Morgan fingerprint density at radius 3 is 2.53 bits per heavy atom. The molecule has 0 saturated heterocycles. The molecular formula is C15H21N2O2+. The number of quaternary nitrogens is 1. The number of benzene rings is 1. The van der Waals surface area contributed by atoms with Crippen LogP contribution in [0.15, 0.2) is 47.2 Å². The Kier molecular flexibility index (Phi) is 4.02. The van der Waals surface area contributed by atoms with E-state index in [1.165, 1.54) is 0 Å². The highest BCUT2D eigenvalue weighted by Gasteiger charge is 2.32. The van der Waals surface area contributed by atoms with Gasteiger partial charge in [-0.2, -0.15) is 4.59 Å². The van der Waals surface area contributed by atoms with Gasteiger partial charge in [0.05, 0.1) is 12.8 Å². The van der Waals surface area contributed by atoms with Crippen LogP contribution in [-0.4, -0.2) is 41.7 Å².